The van der Waals surface area contributed by atoms with Crippen molar-refractivity contribution >= 4 is 0 Å². The maximum absolute atomic E-state index is 9.04. The van der Waals surface area contributed by atoms with Crippen LogP contribution in [0.4, 0.5) is 0 Å². The third-order valence-electron chi connectivity index (χ3n) is 3.68. The highest BCUT2D eigenvalue weighted by Crippen LogP contribution is 2.21. The predicted octanol–water partition coefficient (Wildman–Crippen LogP) is 3.35. The largest absolute Gasteiger partial charge is 0.493 e. The Hall–Kier alpha value is -1.53. The molecule has 0 bridgehead atoms. The molecule has 1 atom stereocenters. The summed E-state index contributed by atoms with van der Waals surface area (Å²) in [5.41, 5.74) is 2.04. The van der Waals surface area contributed by atoms with E-state index in [9.17, 15) is 0 Å². The number of unbranched alkanes of at least 4 members (excludes halogenated alkanes) is 1. The molecular weight excluding hydrogens is 236 g/mol. The number of nitrogens with one attached hydrogen (secondary N) is 1. The third-order valence-corrected chi connectivity index (χ3v) is 3.68. The Bertz CT molecular complexity index is 451. The van der Waals surface area contributed by atoms with Gasteiger partial charge < -0.3 is 10.1 Å². The fraction of sp³-hybridized carbons (Fsp3) is 0.562. The maximum Gasteiger partial charge on any atom is 0.122 e. The number of hydrogen-bond acceptors (Lipinski definition) is 3. The Labute approximate surface area is 116 Å². The lowest BCUT2D eigenvalue weighted by atomic mass is 9.97. The molecule has 3 nitrogen and oxygen atoms in total. The maximum atomic E-state index is 9.04. The molecule has 3 heteroatoms. The van der Waals surface area contributed by atoms with E-state index in [2.05, 4.69) is 31.3 Å². The topological polar surface area (TPSA) is 45.0 Å². The van der Waals surface area contributed by atoms with Crippen molar-refractivity contribution in [2.45, 2.75) is 45.6 Å². The molecule has 0 fully saturated rings. The van der Waals surface area contributed by atoms with E-state index >= 15 is 0 Å². The van der Waals surface area contributed by atoms with E-state index in [1.54, 1.807) is 0 Å². The van der Waals surface area contributed by atoms with Gasteiger partial charge in [0.15, 0.2) is 0 Å². The summed E-state index contributed by atoms with van der Waals surface area (Å²) >= 11 is 0. The van der Waals surface area contributed by atoms with E-state index in [0.29, 0.717) is 6.61 Å². The molecule has 0 amide bonds. The molecule has 1 aromatic carbocycles. The molecular formula is C16H24N2O. The first kappa shape index (κ1) is 15.5. The summed E-state index contributed by atoms with van der Waals surface area (Å²) in [5, 5.41) is 12.1. The normalized spacial score (nSPS) is 13.6. The fourth-order valence-electron chi connectivity index (χ4n) is 1.88. The van der Waals surface area contributed by atoms with Gasteiger partial charge in [-0.05, 0) is 64.3 Å². The van der Waals surface area contributed by atoms with Gasteiger partial charge in [-0.1, -0.05) is 12.1 Å². The van der Waals surface area contributed by atoms with Crippen molar-refractivity contribution < 1.29 is 4.74 Å². The average molecular weight is 260 g/mol. The predicted molar refractivity (Wildman–Crippen MR) is 78.3 cm³/mol. The van der Waals surface area contributed by atoms with Gasteiger partial charge >= 0.3 is 0 Å². The first-order valence-electron chi connectivity index (χ1n) is 6.81. The fourth-order valence-corrected chi connectivity index (χ4v) is 1.88. The van der Waals surface area contributed by atoms with Crippen LogP contribution in [0.15, 0.2) is 18.2 Å². The van der Waals surface area contributed by atoms with Gasteiger partial charge in [0.25, 0.3) is 0 Å². The first-order chi connectivity index (χ1) is 9.02. The second kappa shape index (κ2) is 7.16. The minimum atomic E-state index is -0.417. The number of nitriles is 1. The van der Waals surface area contributed by atoms with Gasteiger partial charge in [0, 0.05) is 0 Å². The van der Waals surface area contributed by atoms with Crippen molar-refractivity contribution in [1.29, 1.82) is 5.26 Å². The number of aryl methyl sites for hydroxylation is 1. The molecule has 0 radical (unpaired) electrons. The quantitative estimate of drug-likeness (QED) is 0.765. The third kappa shape index (κ3) is 4.57. The molecule has 0 aliphatic rings. The van der Waals surface area contributed by atoms with E-state index in [1.807, 2.05) is 26.1 Å². The van der Waals surface area contributed by atoms with Crippen molar-refractivity contribution in [3.63, 3.8) is 0 Å². The smallest absolute Gasteiger partial charge is 0.122 e. The standard InChI is InChI=1S/C16H24N2O/c1-13-8-7-9-15(14(13)2)19-11-6-5-10-16(3,12-17)18-4/h7-9,18H,5-6,10-11H2,1-4H3. The molecule has 1 rings (SSSR count). The lowest BCUT2D eigenvalue weighted by molar-refractivity contribution is 0.295. The molecule has 0 saturated carbocycles. The summed E-state index contributed by atoms with van der Waals surface area (Å²) in [6.45, 7) is 6.81. The molecule has 0 saturated heterocycles. The van der Waals surface area contributed by atoms with Crippen LogP contribution in [0.1, 0.15) is 37.3 Å². The number of benzene rings is 1. The monoisotopic (exact) mass is 260 g/mol. The molecule has 1 N–H and O–H groups in total. The van der Waals surface area contributed by atoms with Crippen molar-refractivity contribution in [3.05, 3.63) is 29.3 Å². The van der Waals surface area contributed by atoms with E-state index in [1.165, 1.54) is 11.1 Å². The van der Waals surface area contributed by atoms with Crippen LogP contribution in [0.5, 0.6) is 5.75 Å². The highest BCUT2D eigenvalue weighted by molar-refractivity contribution is 5.38. The molecule has 0 aliphatic heterocycles. The number of nitrogens with zero attached hydrogens (tertiary/aromatic N) is 1. The van der Waals surface area contributed by atoms with Crippen molar-refractivity contribution in [1.82, 2.24) is 5.32 Å². The first-order valence-corrected chi connectivity index (χ1v) is 6.81. The summed E-state index contributed by atoms with van der Waals surface area (Å²) in [4.78, 5) is 0. The van der Waals surface area contributed by atoms with Crippen LogP contribution in [-0.2, 0) is 0 Å². The van der Waals surface area contributed by atoms with E-state index < -0.39 is 5.54 Å². The lowest BCUT2D eigenvalue weighted by Gasteiger charge is -2.20. The van der Waals surface area contributed by atoms with Crippen LogP contribution in [0.25, 0.3) is 0 Å². The van der Waals surface area contributed by atoms with E-state index in [0.717, 1.165) is 25.0 Å². The summed E-state index contributed by atoms with van der Waals surface area (Å²) in [6.07, 6.45) is 2.79. The molecule has 19 heavy (non-hydrogen) atoms. The van der Waals surface area contributed by atoms with Crippen LogP contribution in [0, 0.1) is 25.2 Å². The summed E-state index contributed by atoms with van der Waals surface area (Å²) in [5.74, 6) is 0.969. The molecule has 1 unspecified atom stereocenters. The Balaban J connectivity index is 2.32. The Morgan fingerprint density at radius 1 is 1.32 bits per heavy atom. The molecule has 0 aromatic heterocycles. The van der Waals surface area contributed by atoms with Crippen LogP contribution < -0.4 is 10.1 Å². The number of rotatable bonds is 7. The number of ether oxygens (including phenoxy) is 1. The van der Waals surface area contributed by atoms with Gasteiger partial charge in [0.2, 0.25) is 0 Å². The van der Waals surface area contributed by atoms with Gasteiger partial charge in [-0.25, -0.2) is 0 Å². The van der Waals surface area contributed by atoms with Crippen molar-refractivity contribution in [3.8, 4) is 11.8 Å². The average Bonchev–Trinajstić information content (AvgIpc) is 2.42. The minimum absolute atomic E-state index is 0.417. The zero-order chi connectivity index (χ0) is 14.3. The van der Waals surface area contributed by atoms with E-state index in [4.69, 9.17) is 10.00 Å². The van der Waals surface area contributed by atoms with Crippen LogP contribution >= 0.6 is 0 Å². The molecule has 0 heterocycles. The molecule has 1 aromatic rings. The van der Waals surface area contributed by atoms with Crippen LogP contribution in [0.2, 0.25) is 0 Å². The Morgan fingerprint density at radius 3 is 2.68 bits per heavy atom. The summed E-state index contributed by atoms with van der Waals surface area (Å²) in [7, 11) is 1.83. The Kier molecular flexibility index (Phi) is 5.85. The van der Waals surface area contributed by atoms with Gasteiger partial charge in [0.05, 0.1) is 12.7 Å². The van der Waals surface area contributed by atoms with Crippen LogP contribution in [0.3, 0.4) is 0 Å². The summed E-state index contributed by atoms with van der Waals surface area (Å²) < 4.78 is 5.80. The second-order valence-corrected chi connectivity index (χ2v) is 5.20. The minimum Gasteiger partial charge on any atom is -0.493 e. The lowest BCUT2D eigenvalue weighted by Crippen LogP contribution is -2.37. The summed E-state index contributed by atoms with van der Waals surface area (Å²) in [6, 6.07) is 8.42. The molecule has 0 spiro atoms. The van der Waals surface area contributed by atoms with Crippen LogP contribution in [-0.4, -0.2) is 19.2 Å². The second-order valence-electron chi connectivity index (χ2n) is 5.20. The van der Waals surface area contributed by atoms with Crippen molar-refractivity contribution in [2.24, 2.45) is 0 Å². The zero-order valence-corrected chi connectivity index (χ0v) is 12.4. The van der Waals surface area contributed by atoms with Gasteiger partial charge in [-0.15, -0.1) is 0 Å². The van der Waals surface area contributed by atoms with Gasteiger partial charge in [0.1, 0.15) is 11.3 Å². The van der Waals surface area contributed by atoms with Crippen molar-refractivity contribution in [2.75, 3.05) is 13.7 Å². The zero-order valence-electron chi connectivity index (χ0n) is 12.4. The Morgan fingerprint density at radius 2 is 2.05 bits per heavy atom. The van der Waals surface area contributed by atoms with Gasteiger partial charge in [-0.2, -0.15) is 5.26 Å². The highest BCUT2D eigenvalue weighted by Gasteiger charge is 2.19. The van der Waals surface area contributed by atoms with E-state index in [-0.39, 0.29) is 0 Å². The molecule has 104 valence electrons. The SMILES string of the molecule is CNC(C)(C#N)CCCCOc1cccc(C)c1C. The number of hydrogen-bond donors (Lipinski definition) is 1. The molecule has 0 aliphatic carbocycles. The van der Waals surface area contributed by atoms with Gasteiger partial charge in [-0.3, -0.25) is 0 Å². The highest BCUT2D eigenvalue weighted by atomic mass is 16.5.